The molecule has 504 valence electrons. The van der Waals surface area contributed by atoms with Crippen LogP contribution in [0.15, 0.2) is 12.2 Å². The molecule has 7 aliphatic rings. The fraction of sp³-hybridized carbons (Fsp3) is 0.517. The minimum Gasteiger partial charge on any atom is -0.463 e. The van der Waals surface area contributed by atoms with Crippen molar-refractivity contribution >= 4 is 84.9 Å². The van der Waals surface area contributed by atoms with Gasteiger partial charge in [0.1, 0.15) is 59.5 Å². The molecule has 8 atom stereocenters. The molecule has 0 radical (unpaired) electrons. The molecule has 0 aromatic rings. The number of carbonyl (C=O) groups excluding carboxylic acids is 14. The van der Waals surface area contributed by atoms with Crippen molar-refractivity contribution < 1.29 is 167 Å². The molecular weight excluding hydrogens is 1260 g/mol. The van der Waals surface area contributed by atoms with Gasteiger partial charge in [0.25, 0.3) is 0 Å². The van der Waals surface area contributed by atoms with Crippen LogP contribution in [0.5, 0.6) is 0 Å². The molecule has 7 saturated heterocycles. The number of terminal acetylenes is 4. The van der Waals surface area contributed by atoms with Gasteiger partial charge in [-0.05, 0) is 53.5 Å². The first-order valence-electron chi connectivity index (χ1n) is 26.5. The first kappa shape index (κ1) is 79.3. The van der Waals surface area contributed by atoms with E-state index in [0.29, 0.717) is 19.3 Å². The molecule has 7 rings (SSSR count). The molecule has 0 saturated carbocycles. The molecule has 0 N–H and O–H groups in total. The number of esters is 7. The second kappa shape index (κ2) is 43.8. The minimum absolute atomic E-state index is 0.00336. The summed E-state index contributed by atoms with van der Waals surface area (Å²) in [4.78, 5) is 151. The summed E-state index contributed by atoms with van der Waals surface area (Å²) < 4.78 is 95.3. The predicted octanol–water partition coefficient (Wildman–Crippen LogP) is 1.95. The summed E-state index contributed by atoms with van der Waals surface area (Å²) in [6.45, 7) is 13.1. The van der Waals surface area contributed by atoms with Crippen LogP contribution in [0.25, 0.3) is 0 Å². The third-order valence-electron chi connectivity index (χ3n) is 9.71. The molecule has 0 aromatic carbocycles. The maximum atomic E-state index is 11.4. The molecular formula is C58H62O35. The van der Waals surface area contributed by atoms with Crippen molar-refractivity contribution in [2.24, 2.45) is 0 Å². The summed E-state index contributed by atoms with van der Waals surface area (Å²) >= 11 is 0. The third-order valence-corrected chi connectivity index (χ3v) is 9.71. The number of carbonyl (C=O) groups is 14. The van der Waals surface area contributed by atoms with Gasteiger partial charge >= 0.3 is 84.9 Å². The van der Waals surface area contributed by atoms with E-state index in [9.17, 15) is 67.1 Å². The van der Waals surface area contributed by atoms with Crippen LogP contribution in [-0.4, -0.2) is 219 Å². The molecule has 35 heteroatoms. The Kier molecular flexibility index (Phi) is 37.4. The topological polar surface area (TPSA) is 433 Å². The lowest BCUT2D eigenvalue weighted by molar-refractivity contribution is -0.160. The summed E-state index contributed by atoms with van der Waals surface area (Å²) in [5.74, 6) is 15.0. The SMILES string of the molecule is C#CC(C)OC(=O)C1COC(=O)O1.C#CCCCOC(=O)C1COC(=O)O1.C#CCCOC(=O)C1COC(=O)O1.C#CCOC(=O)C1COC(=O)O1.C=C(C)COC(=O)C1COC(=O)O1.CC#CC(C)(C)OC(=O)C1COC(=O)O1.CC#CCOC(=O)C1COC(=O)O1. The Morgan fingerprint density at radius 1 is 0.473 bits per heavy atom. The van der Waals surface area contributed by atoms with Gasteiger partial charge in [-0.3, -0.25) is 0 Å². The highest BCUT2D eigenvalue weighted by Crippen LogP contribution is 2.16. The Labute approximate surface area is 529 Å². The van der Waals surface area contributed by atoms with Crippen molar-refractivity contribution in [1.82, 2.24) is 0 Å². The van der Waals surface area contributed by atoms with Crippen molar-refractivity contribution in [3.63, 3.8) is 0 Å². The summed E-state index contributed by atoms with van der Waals surface area (Å²) in [6, 6.07) is 0. The summed E-state index contributed by atoms with van der Waals surface area (Å²) in [7, 11) is 0. The van der Waals surface area contributed by atoms with Crippen LogP contribution in [-0.2, 0) is 133 Å². The van der Waals surface area contributed by atoms with Crippen LogP contribution in [0.2, 0.25) is 0 Å². The Morgan fingerprint density at radius 2 is 0.806 bits per heavy atom. The van der Waals surface area contributed by atoms with Crippen molar-refractivity contribution in [2.75, 3.05) is 79.3 Å². The van der Waals surface area contributed by atoms with Crippen LogP contribution >= 0.6 is 0 Å². The van der Waals surface area contributed by atoms with Crippen molar-refractivity contribution in [1.29, 1.82) is 0 Å². The second-order valence-corrected chi connectivity index (χ2v) is 17.7. The van der Waals surface area contributed by atoms with Gasteiger partial charge in [0.15, 0.2) is 24.9 Å². The van der Waals surface area contributed by atoms with E-state index in [0.717, 1.165) is 5.57 Å². The largest absolute Gasteiger partial charge is 0.509 e. The fourth-order valence-electron chi connectivity index (χ4n) is 5.55. The van der Waals surface area contributed by atoms with Crippen molar-refractivity contribution in [3.05, 3.63) is 12.2 Å². The zero-order valence-corrected chi connectivity index (χ0v) is 50.5. The normalized spacial score (nSPS) is 20.2. The van der Waals surface area contributed by atoms with Gasteiger partial charge in [0.05, 0.1) is 6.61 Å². The van der Waals surface area contributed by atoms with E-state index in [2.05, 4.69) is 134 Å². The number of ether oxygens (including phenoxy) is 21. The highest BCUT2D eigenvalue weighted by molar-refractivity contribution is 5.83. The van der Waals surface area contributed by atoms with Crippen molar-refractivity contribution in [2.45, 2.75) is 115 Å². The number of unbranched alkanes of at least 4 members (excludes halogenated alkanes) is 1. The first-order chi connectivity index (χ1) is 44.1. The number of rotatable bonds is 18. The lowest BCUT2D eigenvalue weighted by atomic mass is 10.1. The average Bonchev–Trinajstić information content (AvgIpc) is 2.94. The average molecular weight is 1320 g/mol. The van der Waals surface area contributed by atoms with Crippen LogP contribution in [0, 0.1) is 73.1 Å². The van der Waals surface area contributed by atoms with Gasteiger partial charge < -0.3 is 99.5 Å². The quantitative estimate of drug-likeness (QED) is 0.0622. The van der Waals surface area contributed by atoms with Crippen LogP contribution in [0.4, 0.5) is 33.6 Å². The summed E-state index contributed by atoms with van der Waals surface area (Å²) in [5.41, 5.74) is -0.167. The lowest BCUT2D eigenvalue weighted by Crippen LogP contribution is -2.34. The maximum Gasteiger partial charge on any atom is 0.509 e. The minimum atomic E-state index is -0.983. The Hall–Kier alpha value is -11.7. The molecule has 0 amide bonds. The van der Waals surface area contributed by atoms with Gasteiger partial charge in [-0.25, -0.2) is 67.1 Å². The molecule has 0 aromatic heterocycles. The Morgan fingerprint density at radius 3 is 1.12 bits per heavy atom. The van der Waals surface area contributed by atoms with E-state index in [1.807, 2.05) is 0 Å². The van der Waals surface area contributed by atoms with Gasteiger partial charge in [-0.2, -0.15) is 0 Å². The van der Waals surface area contributed by atoms with Gasteiger partial charge in [0, 0.05) is 12.8 Å². The van der Waals surface area contributed by atoms with Gasteiger partial charge in [0.2, 0.25) is 42.7 Å². The third kappa shape index (κ3) is 34.6. The number of cyclic esters (lactones) is 14. The molecule has 0 spiro atoms. The van der Waals surface area contributed by atoms with Crippen molar-refractivity contribution in [3.8, 4) is 73.1 Å². The fourth-order valence-corrected chi connectivity index (χ4v) is 5.55. The van der Waals surface area contributed by atoms with Crippen LogP contribution in [0.3, 0.4) is 0 Å². The van der Waals surface area contributed by atoms with E-state index in [1.54, 1.807) is 34.6 Å². The lowest BCUT2D eigenvalue weighted by Gasteiger charge is -2.19. The molecule has 7 fully saturated rings. The smallest absolute Gasteiger partial charge is 0.463 e. The Balaban J connectivity index is 0.000000543. The van der Waals surface area contributed by atoms with E-state index < -0.39 is 139 Å². The number of hydrogen-bond donors (Lipinski definition) is 0. The second-order valence-electron chi connectivity index (χ2n) is 17.7. The summed E-state index contributed by atoms with van der Waals surface area (Å²) in [5, 5.41) is 0. The molecule has 0 aliphatic carbocycles. The Bertz CT molecular complexity index is 2980. The van der Waals surface area contributed by atoms with E-state index >= 15 is 0 Å². The molecule has 7 aliphatic heterocycles. The molecule has 35 nitrogen and oxygen atoms in total. The van der Waals surface area contributed by atoms with Crippen LogP contribution < -0.4 is 0 Å². The van der Waals surface area contributed by atoms with Gasteiger partial charge in [-0.15, -0.1) is 49.4 Å². The highest BCUT2D eigenvalue weighted by Gasteiger charge is 2.39. The van der Waals surface area contributed by atoms with E-state index in [1.165, 1.54) is 6.92 Å². The maximum absolute atomic E-state index is 11.4. The van der Waals surface area contributed by atoms with E-state index in [4.69, 9.17) is 44.6 Å². The zero-order valence-electron chi connectivity index (χ0n) is 50.5. The van der Waals surface area contributed by atoms with Gasteiger partial charge in [-0.1, -0.05) is 30.3 Å². The molecule has 93 heavy (non-hydrogen) atoms. The zero-order chi connectivity index (χ0) is 69.9. The van der Waals surface area contributed by atoms with Crippen LogP contribution in [0.1, 0.15) is 60.8 Å². The first-order valence-corrected chi connectivity index (χ1v) is 26.5. The number of hydrogen-bond acceptors (Lipinski definition) is 35. The molecule has 8 unspecified atom stereocenters. The highest BCUT2D eigenvalue weighted by atomic mass is 16.8. The standard InChI is InChI=1S/C10H12O5.C9H10O5.C8H10O5.3C8H8O5.C7H6O5/c1-4-5-10(2,3)15-8(11)7-6-13-9(12)14-7;1-2-3-4-5-12-8(10)7-6-13-9(11)14-7;1-5(2)3-11-7(9)6-4-12-8(10)13-6;1-3-5(2)12-7(9)6-4-11-8(10)13-6;2*1-2-3-4-11-7(9)6-5-12-8(10)13-6;1-2-3-10-6(8)5-4-11-7(9)12-5/h7H,6H2,1-3H3;1,7H,3-6H2;6H,1,3-4H2,2H3;1,5-6H,4H2,2H3;6H,4-5H2,1H3;1,6H,3-5H2;1,5H,3-4H2. The van der Waals surface area contributed by atoms with E-state index in [-0.39, 0.29) is 79.3 Å². The molecule has 0 bridgehead atoms. The molecule has 7 heterocycles. The predicted molar refractivity (Wildman–Crippen MR) is 295 cm³/mol. The summed E-state index contributed by atoms with van der Waals surface area (Å²) in [6.07, 6.45) is 8.02. The monoisotopic (exact) mass is 1320 g/mol.